The highest BCUT2D eigenvalue weighted by molar-refractivity contribution is 5.88. The molecule has 2 aromatic rings. The van der Waals surface area contributed by atoms with Crippen LogP contribution in [0.15, 0.2) is 10.5 Å². The number of aryl methyl sites for hydroxylation is 3. The SMILES string of the molecule is Cc1nn(C)c(C)c1OCC(=O)NCc1cc(C(=O)O)c(C)o1. The number of carboxylic acid groups (broad SMARTS) is 1. The van der Waals surface area contributed by atoms with Gasteiger partial charge >= 0.3 is 5.97 Å². The van der Waals surface area contributed by atoms with Crippen LogP contribution in [0.2, 0.25) is 0 Å². The average Bonchev–Trinajstić information content (AvgIpc) is 2.96. The summed E-state index contributed by atoms with van der Waals surface area (Å²) in [7, 11) is 1.80. The molecule has 0 aliphatic heterocycles. The molecule has 0 saturated heterocycles. The Morgan fingerprint density at radius 1 is 1.39 bits per heavy atom. The van der Waals surface area contributed by atoms with Gasteiger partial charge in [-0.2, -0.15) is 5.10 Å². The zero-order valence-electron chi connectivity index (χ0n) is 13.5. The molecule has 0 aliphatic carbocycles. The summed E-state index contributed by atoms with van der Waals surface area (Å²) in [5, 5.41) is 15.8. The number of rotatable bonds is 6. The quantitative estimate of drug-likeness (QED) is 0.831. The summed E-state index contributed by atoms with van der Waals surface area (Å²) in [4.78, 5) is 22.7. The number of nitrogens with zero attached hydrogens (tertiary/aromatic N) is 2. The molecule has 23 heavy (non-hydrogen) atoms. The van der Waals surface area contributed by atoms with Crippen molar-refractivity contribution in [2.75, 3.05) is 6.61 Å². The Labute approximate surface area is 133 Å². The molecule has 124 valence electrons. The predicted molar refractivity (Wildman–Crippen MR) is 80.4 cm³/mol. The summed E-state index contributed by atoms with van der Waals surface area (Å²) >= 11 is 0. The molecule has 0 bridgehead atoms. The first kappa shape index (κ1) is 16.6. The minimum Gasteiger partial charge on any atom is -0.480 e. The van der Waals surface area contributed by atoms with Crippen molar-refractivity contribution in [3.05, 3.63) is 34.5 Å². The molecule has 2 N–H and O–H groups in total. The minimum atomic E-state index is -1.06. The molecule has 2 rings (SSSR count). The maximum absolute atomic E-state index is 11.8. The van der Waals surface area contributed by atoms with Crippen LogP contribution in [0.3, 0.4) is 0 Å². The topological polar surface area (TPSA) is 107 Å². The number of amides is 1. The highest BCUT2D eigenvalue weighted by Crippen LogP contribution is 2.21. The largest absolute Gasteiger partial charge is 0.480 e. The molecule has 0 aliphatic rings. The molecule has 0 saturated carbocycles. The van der Waals surface area contributed by atoms with E-state index in [1.54, 1.807) is 25.6 Å². The van der Waals surface area contributed by atoms with E-state index in [-0.39, 0.29) is 24.6 Å². The van der Waals surface area contributed by atoms with Gasteiger partial charge in [-0.05, 0) is 26.8 Å². The van der Waals surface area contributed by atoms with E-state index in [1.807, 2.05) is 6.92 Å². The number of nitrogens with one attached hydrogen (secondary N) is 1. The first-order chi connectivity index (χ1) is 10.8. The fourth-order valence-electron chi connectivity index (χ4n) is 2.18. The monoisotopic (exact) mass is 321 g/mol. The van der Waals surface area contributed by atoms with Crippen LogP contribution in [0.25, 0.3) is 0 Å². The number of carbonyl (C=O) groups excluding carboxylic acids is 1. The van der Waals surface area contributed by atoms with Crippen molar-refractivity contribution in [2.24, 2.45) is 7.05 Å². The molecule has 0 fully saturated rings. The number of aromatic carboxylic acids is 1. The Morgan fingerprint density at radius 3 is 2.61 bits per heavy atom. The van der Waals surface area contributed by atoms with Gasteiger partial charge < -0.3 is 19.6 Å². The first-order valence-electron chi connectivity index (χ1n) is 7.02. The van der Waals surface area contributed by atoms with Crippen molar-refractivity contribution in [3.63, 3.8) is 0 Å². The third kappa shape index (κ3) is 3.71. The van der Waals surface area contributed by atoms with Crippen LogP contribution in [0.4, 0.5) is 0 Å². The van der Waals surface area contributed by atoms with Crippen LogP contribution in [-0.4, -0.2) is 33.4 Å². The predicted octanol–water partition coefficient (Wildman–Crippen LogP) is 1.33. The lowest BCUT2D eigenvalue weighted by molar-refractivity contribution is -0.123. The van der Waals surface area contributed by atoms with E-state index in [9.17, 15) is 9.59 Å². The van der Waals surface area contributed by atoms with Gasteiger partial charge in [0.25, 0.3) is 5.91 Å². The molecule has 1 amide bonds. The second-order valence-corrected chi connectivity index (χ2v) is 5.18. The van der Waals surface area contributed by atoms with Gasteiger partial charge in [0.1, 0.15) is 22.8 Å². The van der Waals surface area contributed by atoms with Gasteiger partial charge in [-0.3, -0.25) is 9.48 Å². The van der Waals surface area contributed by atoms with Crippen LogP contribution >= 0.6 is 0 Å². The van der Waals surface area contributed by atoms with E-state index in [4.69, 9.17) is 14.3 Å². The van der Waals surface area contributed by atoms with Gasteiger partial charge in [0, 0.05) is 7.05 Å². The summed E-state index contributed by atoms with van der Waals surface area (Å²) in [5.74, 6) is -0.125. The average molecular weight is 321 g/mol. The van der Waals surface area contributed by atoms with Gasteiger partial charge in [0.15, 0.2) is 12.4 Å². The van der Waals surface area contributed by atoms with Crippen molar-refractivity contribution in [1.82, 2.24) is 15.1 Å². The van der Waals surface area contributed by atoms with E-state index in [2.05, 4.69) is 10.4 Å². The number of carbonyl (C=O) groups is 2. The van der Waals surface area contributed by atoms with Crippen LogP contribution < -0.4 is 10.1 Å². The van der Waals surface area contributed by atoms with Gasteiger partial charge in [-0.25, -0.2) is 4.79 Å². The lowest BCUT2D eigenvalue weighted by Crippen LogP contribution is -2.28. The van der Waals surface area contributed by atoms with Crippen molar-refractivity contribution in [1.29, 1.82) is 0 Å². The number of aromatic nitrogens is 2. The fraction of sp³-hybridized carbons (Fsp3) is 0.400. The van der Waals surface area contributed by atoms with E-state index in [0.717, 1.165) is 5.69 Å². The Balaban J connectivity index is 1.88. The third-order valence-electron chi connectivity index (χ3n) is 3.45. The Bertz CT molecular complexity index is 745. The highest BCUT2D eigenvalue weighted by atomic mass is 16.5. The molecule has 0 unspecified atom stereocenters. The van der Waals surface area contributed by atoms with Crippen molar-refractivity contribution in [3.8, 4) is 5.75 Å². The number of ether oxygens (including phenoxy) is 1. The molecule has 8 heteroatoms. The van der Waals surface area contributed by atoms with Crippen molar-refractivity contribution < 1.29 is 23.8 Å². The first-order valence-corrected chi connectivity index (χ1v) is 7.02. The van der Waals surface area contributed by atoms with E-state index in [1.165, 1.54) is 6.07 Å². The number of carboxylic acids is 1. The van der Waals surface area contributed by atoms with E-state index >= 15 is 0 Å². The lowest BCUT2D eigenvalue weighted by atomic mass is 10.2. The van der Waals surface area contributed by atoms with Gasteiger partial charge in [-0.15, -0.1) is 0 Å². The normalized spacial score (nSPS) is 10.6. The van der Waals surface area contributed by atoms with Crippen LogP contribution in [0, 0.1) is 20.8 Å². The highest BCUT2D eigenvalue weighted by Gasteiger charge is 2.15. The second-order valence-electron chi connectivity index (χ2n) is 5.18. The Kier molecular flexibility index (Phi) is 4.73. The summed E-state index contributed by atoms with van der Waals surface area (Å²) in [5.41, 5.74) is 1.64. The molecular weight excluding hydrogens is 302 g/mol. The van der Waals surface area contributed by atoms with E-state index < -0.39 is 5.97 Å². The molecule has 8 nitrogen and oxygen atoms in total. The third-order valence-corrected chi connectivity index (χ3v) is 3.45. The van der Waals surface area contributed by atoms with Gasteiger partial charge in [0.05, 0.1) is 12.2 Å². The number of hydrogen-bond donors (Lipinski definition) is 2. The molecule has 0 radical (unpaired) electrons. The molecule has 2 aromatic heterocycles. The maximum Gasteiger partial charge on any atom is 0.339 e. The van der Waals surface area contributed by atoms with Crippen LogP contribution in [0.1, 0.15) is 33.3 Å². The molecule has 2 heterocycles. The zero-order chi connectivity index (χ0) is 17.1. The van der Waals surface area contributed by atoms with Crippen LogP contribution in [0.5, 0.6) is 5.75 Å². The van der Waals surface area contributed by atoms with Crippen LogP contribution in [-0.2, 0) is 18.4 Å². The van der Waals surface area contributed by atoms with Gasteiger partial charge in [-0.1, -0.05) is 0 Å². The lowest BCUT2D eigenvalue weighted by Gasteiger charge is -2.06. The smallest absolute Gasteiger partial charge is 0.339 e. The fourth-order valence-corrected chi connectivity index (χ4v) is 2.18. The Morgan fingerprint density at radius 2 is 2.09 bits per heavy atom. The molecule has 0 aromatic carbocycles. The molecule has 0 atom stereocenters. The van der Waals surface area contributed by atoms with Crippen molar-refractivity contribution in [2.45, 2.75) is 27.3 Å². The summed E-state index contributed by atoms with van der Waals surface area (Å²) in [6.07, 6.45) is 0. The molecular formula is C15H19N3O5. The maximum atomic E-state index is 11.8. The van der Waals surface area contributed by atoms with Gasteiger partial charge in [0.2, 0.25) is 0 Å². The van der Waals surface area contributed by atoms with Crippen molar-refractivity contribution >= 4 is 11.9 Å². The second kappa shape index (κ2) is 6.55. The number of furan rings is 1. The molecule has 0 spiro atoms. The Hall–Kier alpha value is -2.77. The summed E-state index contributed by atoms with van der Waals surface area (Å²) < 4.78 is 12.4. The van der Waals surface area contributed by atoms with E-state index in [0.29, 0.717) is 23.0 Å². The minimum absolute atomic E-state index is 0.0899. The summed E-state index contributed by atoms with van der Waals surface area (Å²) in [6.45, 7) is 5.16. The summed E-state index contributed by atoms with van der Waals surface area (Å²) in [6, 6.07) is 1.40. The standard InChI is InChI=1S/C15H19N3O5/c1-8-14(9(2)18(4)17-8)22-7-13(19)16-6-11-5-12(15(20)21)10(3)23-11/h5H,6-7H2,1-4H3,(H,16,19)(H,20,21). The zero-order valence-corrected chi connectivity index (χ0v) is 13.5. The number of hydrogen-bond acceptors (Lipinski definition) is 5.